The molecule has 0 aliphatic rings. The van der Waals surface area contributed by atoms with Gasteiger partial charge in [0.2, 0.25) is 5.13 Å². The van der Waals surface area contributed by atoms with Crippen LogP contribution in [0.3, 0.4) is 0 Å². The van der Waals surface area contributed by atoms with E-state index in [2.05, 4.69) is 15.5 Å². The van der Waals surface area contributed by atoms with Crippen molar-refractivity contribution >= 4 is 39.7 Å². The van der Waals surface area contributed by atoms with Crippen molar-refractivity contribution in [3.05, 3.63) is 90.2 Å². The summed E-state index contributed by atoms with van der Waals surface area (Å²) in [6.45, 7) is 0. The highest BCUT2D eigenvalue weighted by Gasteiger charge is 2.13. The molecule has 0 saturated heterocycles. The minimum atomic E-state index is -0.512. The normalized spacial score (nSPS) is 10.6. The summed E-state index contributed by atoms with van der Waals surface area (Å²) in [7, 11) is 0. The zero-order valence-corrected chi connectivity index (χ0v) is 17.3. The molecule has 0 saturated carbocycles. The summed E-state index contributed by atoms with van der Waals surface area (Å²) in [5.74, 6) is 0.807. The van der Waals surface area contributed by atoms with Gasteiger partial charge in [0.05, 0.1) is 11.3 Å². The monoisotopic (exact) mass is 437 g/mol. The highest BCUT2D eigenvalue weighted by Crippen LogP contribution is 2.29. The smallest absolute Gasteiger partial charge is 0.210 e. The number of thioether (sulfide) groups is 1. The Labute approximate surface area is 180 Å². The van der Waals surface area contributed by atoms with Gasteiger partial charge in [0.25, 0.3) is 0 Å². The third kappa shape index (κ3) is 5.22. The number of nitrogens with one attached hydrogen (secondary N) is 1. The first-order chi connectivity index (χ1) is 14.7. The van der Waals surface area contributed by atoms with Crippen molar-refractivity contribution in [3.63, 3.8) is 0 Å². The average Bonchev–Trinajstić information content (AvgIpc) is 3.22. The van der Waals surface area contributed by atoms with E-state index in [0.717, 1.165) is 17.2 Å². The van der Waals surface area contributed by atoms with E-state index in [0.29, 0.717) is 9.47 Å². The summed E-state index contributed by atoms with van der Waals surface area (Å²) in [4.78, 5) is 12.2. The molecular weight excluding hydrogens is 421 g/mol. The predicted molar refractivity (Wildman–Crippen MR) is 118 cm³/mol. The number of ether oxygens (including phenoxy) is 1. The number of halogens is 1. The van der Waals surface area contributed by atoms with Crippen LogP contribution in [0, 0.1) is 5.82 Å². The van der Waals surface area contributed by atoms with E-state index >= 15 is 0 Å². The zero-order valence-electron chi connectivity index (χ0n) is 15.6. The number of benzene rings is 3. The second-order valence-electron chi connectivity index (χ2n) is 6.13. The Morgan fingerprint density at radius 3 is 2.40 bits per heavy atom. The maximum Gasteiger partial charge on any atom is 0.210 e. The number of para-hydroxylation sites is 1. The molecule has 150 valence electrons. The van der Waals surface area contributed by atoms with E-state index in [4.69, 9.17) is 4.74 Å². The van der Waals surface area contributed by atoms with Crippen LogP contribution in [0.4, 0.5) is 15.2 Å². The Kier molecular flexibility index (Phi) is 6.36. The van der Waals surface area contributed by atoms with Crippen LogP contribution < -0.4 is 10.1 Å². The van der Waals surface area contributed by atoms with E-state index in [-0.39, 0.29) is 17.1 Å². The minimum absolute atomic E-state index is 0.0886. The van der Waals surface area contributed by atoms with Crippen LogP contribution >= 0.6 is 23.1 Å². The van der Waals surface area contributed by atoms with E-state index in [1.165, 1.54) is 35.2 Å². The highest BCUT2D eigenvalue weighted by atomic mass is 32.2. The third-order valence-corrected chi connectivity index (χ3v) is 5.96. The lowest BCUT2D eigenvalue weighted by molar-refractivity contribution is 0.101. The van der Waals surface area contributed by atoms with Crippen molar-refractivity contribution in [1.82, 2.24) is 10.2 Å². The average molecular weight is 438 g/mol. The number of ketones is 1. The lowest BCUT2D eigenvalue weighted by atomic mass is 10.1. The van der Waals surface area contributed by atoms with Crippen LogP contribution in [0.1, 0.15) is 10.4 Å². The zero-order chi connectivity index (χ0) is 20.8. The molecule has 0 bridgehead atoms. The molecule has 4 rings (SSSR count). The number of carbonyl (C=O) groups excluding carboxylic acids is 1. The number of anilines is 2. The Hall–Kier alpha value is -3.23. The topological polar surface area (TPSA) is 64.1 Å². The number of rotatable bonds is 8. The molecular formula is C22H16FN3O2S2. The second-order valence-corrected chi connectivity index (χ2v) is 8.33. The van der Waals surface area contributed by atoms with Gasteiger partial charge in [0, 0.05) is 5.69 Å². The van der Waals surface area contributed by atoms with Gasteiger partial charge in [-0.05, 0) is 48.5 Å². The Balaban J connectivity index is 1.32. The summed E-state index contributed by atoms with van der Waals surface area (Å²) >= 11 is 2.56. The maximum atomic E-state index is 13.7. The third-order valence-electron chi connectivity index (χ3n) is 3.99. The lowest BCUT2D eigenvalue weighted by Crippen LogP contribution is -2.04. The summed E-state index contributed by atoms with van der Waals surface area (Å²) in [6.07, 6.45) is 0. The molecule has 0 unspecified atom stereocenters. The summed E-state index contributed by atoms with van der Waals surface area (Å²) in [5, 5.41) is 11.9. The Bertz CT molecular complexity index is 1130. The van der Waals surface area contributed by atoms with E-state index in [9.17, 15) is 9.18 Å². The van der Waals surface area contributed by atoms with Gasteiger partial charge < -0.3 is 10.1 Å². The largest absolute Gasteiger partial charge is 0.457 e. The molecule has 1 heterocycles. The quantitative estimate of drug-likeness (QED) is 0.262. The lowest BCUT2D eigenvalue weighted by Gasteiger charge is -2.06. The number of aromatic nitrogens is 2. The van der Waals surface area contributed by atoms with E-state index in [1.54, 1.807) is 12.1 Å². The molecule has 0 amide bonds. The Morgan fingerprint density at radius 1 is 0.933 bits per heavy atom. The first-order valence-corrected chi connectivity index (χ1v) is 10.8. The highest BCUT2D eigenvalue weighted by molar-refractivity contribution is 8.01. The molecule has 5 nitrogen and oxygen atoms in total. The maximum absolute atomic E-state index is 13.7. The fraction of sp³-hybridized carbons (Fsp3) is 0.0455. The molecule has 0 atom stereocenters. The van der Waals surface area contributed by atoms with Crippen molar-refractivity contribution in [2.45, 2.75) is 4.34 Å². The molecule has 0 radical (unpaired) electrons. The van der Waals surface area contributed by atoms with E-state index in [1.807, 2.05) is 54.6 Å². The van der Waals surface area contributed by atoms with Gasteiger partial charge in [-0.2, -0.15) is 0 Å². The first kappa shape index (κ1) is 20.1. The molecule has 3 aromatic carbocycles. The van der Waals surface area contributed by atoms with Crippen LogP contribution in [0.25, 0.3) is 0 Å². The number of carbonyl (C=O) groups is 1. The number of nitrogens with zero attached hydrogens (tertiary/aromatic N) is 2. The molecule has 0 aliphatic heterocycles. The van der Waals surface area contributed by atoms with Crippen LogP contribution in [0.15, 0.2) is 83.2 Å². The first-order valence-electron chi connectivity index (χ1n) is 9.01. The van der Waals surface area contributed by atoms with Crippen LogP contribution in [-0.2, 0) is 0 Å². The molecule has 1 aromatic heterocycles. The van der Waals surface area contributed by atoms with Gasteiger partial charge in [0.15, 0.2) is 10.1 Å². The molecule has 0 fully saturated rings. The number of hydrogen-bond donors (Lipinski definition) is 1. The fourth-order valence-electron chi connectivity index (χ4n) is 2.57. The van der Waals surface area contributed by atoms with Gasteiger partial charge in [-0.3, -0.25) is 4.79 Å². The summed E-state index contributed by atoms with van der Waals surface area (Å²) in [5.41, 5.74) is 0.927. The number of hydrogen-bond acceptors (Lipinski definition) is 7. The van der Waals surface area contributed by atoms with Crippen molar-refractivity contribution in [3.8, 4) is 11.5 Å². The van der Waals surface area contributed by atoms with Gasteiger partial charge in [0.1, 0.15) is 17.3 Å². The Morgan fingerprint density at radius 2 is 1.63 bits per heavy atom. The molecule has 8 heteroatoms. The standard InChI is InChI=1S/C22H16FN3O2S2/c23-19-9-5-4-8-18(19)20(27)14-29-22-26-25-21(30-22)24-15-10-12-17(13-11-15)28-16-6-2-1-3-7-16/h1-13H,14H2,(H,24,25). The van der Waals surface area contributed by atoms with Gasteiger partial charge >= 0.3 is 0 Å². The van der Waals surface area contributed by atoms with Crippen LogP contribution in [0.2, 0.25) is 0 Å². The molecule has 4 aromatic rings. The fourth-order valence-corrected chi connectivity index (χ4v) is 4.22. The second kappa shape index (κ2) is 9.51. The van der Waals surface area contributed by atoms with Gasteiger partial charge in [-0.15, -0.1) is 10.2 Å². The van der Waals surface area contributed by atoms with Crippen molar-refractivity contribution in [2.24, 2.45) is 0 Å². The van der Waals surface area contributed by atoms with Gasteiger partial charge in [-0.1, -0.05) is 53.4 Å². The SMILES string of the molecule is O=C(CSc1nnc(Nc2ccc(Oc3ccccc3)cc2)s1)c1ccccc1F. The summed E-state index contributed by atoms with van der Waals surface area (Å²) in [6, 6.07) is 23.0. The predicted octanol–water partition coefficient (Wildman–Crippen LogP) is 6.19. The van der Waals surface area contributed by atoms with Crippen molar-refractivity contribution < 1.29 is 13.9 Å². The minimum Gasteiger partial charge on any atom is -0.457 e. The van der Waals surface area contributed by atoms with Gasteiger partial charge in [-0.25, -0.2) is 4.39 Å². The van der Waals surface area contributed by atoms with E-state index < -0.39 is 5.82 Å². The molecule has 30 heavy (non-hydrogen) atoms. The van der Waals surface area contributed by atoms with Crippen molar-refractivity contribution in [2.75, 3.05) is 11.1 Å². The van der Waals surface area contributed by atoms with Crippen LogP contribution in [-0.4, -0.2) is 21.7 Å². The number of Topliss-reactive ketones (excluding diaryl/α,β-unsaturated/α-hetero) is 1. The summed E-state index contributed by atoms with van der Waals surface area (Å²) < 4.78 is 20.1. The molecule has 0 spiro atoms. The molecule has 0 aliphatic carbocycles. The van der Waals surface area contributed by atoms with Crippen LogP contribution in [0.5, 0.6) is 11.5 Å². The van der Waals surface area contributed by atoms with Crippen molar-refractivity contribution in [1.29, 1.82) is 0 Å². The molecule has 1 N–H and O–H groups in total.